The van der Waals surface area contributed by atoms with Crippen LogP contribution in [0.3, 0.4) is 0 Å². The lowest BCUT2D eigenvalue weighted by Crippen LogP contribution is -2.47. The van der Waals surface area contributed by atoms with Gasteiger partial charge in [0.25, 0.3) is 5.91 Å². The maximum Gasteiger partial charge on any atom is 0.305 e. The second-order valence-electron chi connectivity index (χ2n) is 4.36. The molecule has 0 bridgehead atoms. The zero-order valence-electron chi connectivity index (χ0n) is 12.8. The minimum Gasteiger partial charge on any atom is -0.496 e. The van der Waals surface area contributed by atoms with Gasteiger partial charge in [-0.05, 0) is 36.8 Å². The number of carbonyl (C=O) groups excluding carboxylic acids is 2. The third-order valence-electron chi connectivity index (χ3n) is 2.77. The van der Waals surface area contributed by atoms with Gasteiger partial charge in [-0.2, -0.15) is 0 Å². The van der Waals surface area contributed by atoms with Crippen molar-refractivity contribution in [3.63, 3.8) is 0 Å². The van der Waals surface area contributed by atoms with Gasteiger partial charge in [-0.3, -0.25) is 20.4 Å². The summed E-state index contributed by atoms with van der Waals surface area (Å²) in [4.78, 5) is 23.0. The number of methoxy groups -OCH3 is 2. The molecule has 0 unspecified atom stereocenters. The van der Waals surface area contributed by atoms with E-state index in [9.17, 15) is 9.59 Å². The molecule has 0 fully saturated rings. The van der Waals surface area contributed by atoms with Crippen molar-refractivity contribution < 1.29 is 19.1 Å². The number of rotatable bonds is 6. The highest BCUT2D eigenvalue weighted by Crippen LogP contribution is 2.22. The van der Waals surface area contributed by atoms with Crippen LogP contribution in [0.5, 0.6) is 5.75 Å². The Labute approximate surface area is 144 Å². The molecule has 0 aliphatic heterocycles. The first-order valence-corrected chi connectivity index (χ1v) is 7.51. The smallest absolute Gasteiger partial charge is 0.305 e. The number of thiocarbonyl (C=S) groups is 1. The largest absolute Gasteiger partial charge is 0.496 e. The molecular formula is C14H18ClN3O4S. The molecule has 9 heteroatoms. The van der Waals surface area contributed by atoms with Crippen molar-refractivity contribution in [2.24, 2.45) is 0 Å². The second-order valence-corrected chi connectivity index (χ2v) is 5.20. The lowest BCUT2D eigenvalue weighted by Gasteiger charge is -2.13. The monoisotopic (exact) mass is 359 g/mol. The number of halogens is 1. The van der Waals surface area contributed by atoms with Gasteiger partial charge in [0, 0.05) is 18.0 Å². The molecular weight excluding hydrogens is 342 g/mol. The summed E-state index contributed by atoms with van der Waals surface area (Å²) in [7, 11) is 2.79. The van der Waals surface area contributed by atoms with Gasteiger partial charge < -0.3 is 14.8 Å². The number of benzene rings is 1. The Morgan fingerprint density at radius 1 is 1.26 bits per heavy atom. The van der Waals surface area contributed by atoms with E-state index in [0.29, 0.717) is 23.7 Å². The number of carbonyl (C=O) groups is 2. The number of hydrogen-bond donors (Lipinski definition) is 3. The Morgan fingerprint density at radius 3 is 2.65 bits per heavy atom. The number of hydrogen-bond acceptors (Lipinski definition) is 5. The lowest BCUT2D eigenvalue weighted by atomic mass is 10.2. The molecule has 0 aliphatic carbocycles. The fraction of sp³-hybridized carbons (Fsp3) is 0.357. The minimum atomic E-state index is -0.442. The van der Waals surface area contributed by atoms with Crippen molar-refractivity contribution in [2.45, 2.75) is 12.8 Å². The van der Waals surface area contributed by atoms with E-state index < -0.39 is 5.91 Å². The van der Waals surface area contributed by atoms with E-state index in [1.807, 2.05) is 0 Å². The van der Waals surface area contributed by atoms with E-state index in [1.54, 1.807) is 12.1 Å². The van der Waals surface area contributed by atoms with Crippen LogP contribution in [0.1, 0.15) is 23.2 Å². The molecule has 0 aromatic heterocycles. The van der Waals surface area contributed by atoms with E-state index in [4.69, 9.17) is 28.6 Å². The third kappa shape index (κ3) is 6.70. The van der Waals surface area contributed by atoms with Crippen molar-refractivity contribution >= 4 is 40.8 Å². The summed E-state index contributed by atoms with van der Waals surface area (Å²) in [5.74, 6) is -0.333. The molecule has 0 aliphatic rings. The van der Waals surface area contributed by atoms with Crippen LogP contribution in [-0.2, 0) is 9.53 Å². The van der Waals surface area contributed by atoms with Gasteiger partial charge in [0.05, 0.1) is 19.8 Å². The topological polar surface area (TPSA) is 88.7 Å². The van der Waals surface area contributed by atoms with Crippen LogP contribution in [0.15, 0.2) is 18.2 Å². The van der Waals surface area contributed by atoms with Gasteiger partial charge in [-0.1, -0.05) is 11.6 Å². The van der Waals surface area contributed by atoms with Crippen LogP contribution in [0.2, 0.25) is 5.02 Å². The average Bonchev–Trinajstić information content (AvgIpc) is 2.56. The van der Waals surface area contributed by atoms with E-state index >= 15 is 0 Å². The molecule has 1 aromatic carbocycles. The number of ether oxygens (including phenoxy) is 2. The van der Waals surface area contributed by atoms with Crippen molar-refractivity contribution in [3.05, 3.63) is 28.8 Å². The first-order valence-electron chi connectivity index (χ1n) is 6.72. The van der Waals surface area contributed by atoms with Crippen LogP contribution in [0.25, 0.3) is 0 Å². The van der Waals surface area contributed by atoms with Crippen molar-refractivity contribution in [2.75, 3.05) is 20.8 Å². The van der Waals surface area contributed by atoms with E-state index in [1.165, 1.54) is 20.3 Å². The SMILES string of the molecule is COC(=O)CCCNC(=S)NNC(=O)c1cc(Cl)ccc1OC. The van der Waals surface area contributed by atoms with Crippen LogP contribution >= 0.6 is 23.8 Å². The zero-order chi connectivity index (χ0) is 17.2. The summed E-state index contributed by atoms with van der Waals surface area (Å²) in [6.07, 6.45) is 0.850. The van der Waals surface area contributed by atoms with Gasteiger partial charge in [-0.15, -0.1) is 0 Å². The van der Waals surface area contributed by atoms with Crippen molar-refractivity contribution in [3.8, 4) is 5.75 Å². The van der Waals surface area contributed by atoms with Gasteiger partial charge in [-0.25, -0.2) is 0 Å². The summed E-state index contributed by atoms with van der Waals surface area (Å²) in [6, 6.07) is 4.71. The third-order valence-corrected chi connectivity index (χ3v) is 3.25. The van der Waals surface area contributed by atoms with Crippen molar-refractivity contribution in [1.82, 2.24) is 16.2 Å². The van der Waals surface area contributed by atoms with Gasteiger partial charge in [0.2, 0.25) is 0 Å². The van der Waals surface area contributed by atoms with E-state index in [-0.39, 0.29) is 23.1 Å². The summed E-state index contributed by atoms with van der Waals surface area (Å²) in [5.41, 5.74) is 5.28. The maximum atomic E-state index is 12.1. The average molecular weight is 360 g/mol. The molecule has 1 aromatic rings. The van der Waals surface area contributed by atoms with E-state index in [0.717, 1.165) is 0 Å². The fourth-order valence-electron chi connectivity index (χ4n) is 1.62. The predicted molar refractivity (Wildman–Crippen MR) is 90.5 cm³/mol. The van der Waals surface area contributed by atoms with Crippen LogP contribution in [-0.4, -0.2) is 37.8 Å². The van der Waals surface area contributed by atoms with E-state index in [2.05, 4.69) is 20.9 Å². The highest BCUT2D eigenvalue weighted by atomic mass is 35.5. The molecule has 1 rings (SSSR count). The first-order chi connectivity index (χ1) is 11.0. The Hall–Kier alpha value is -2.06. The molecule has 0 atom stereocenters. The zero-order valence-corrected chi connectivity index (χ0v) is 14.3. The predicted octanol–water partition coefficient (Wildman–Crippen LogP) is 1.41. The summed E-state index contributed by atoms with van der Waals surface area (Å²) >= 11 is 10.9. The highest BCUT2D eigenvalue weighted by Gasteiger charge is 2.13. The van der Waals surface area contributed by atoms with Gasteiger partial charge in [0.1, 0.15) is 5.75 Å². The second kappa shape index (κ2) is 9.86. The quantitative estimate of drug-likeness (QED) is 0.306. The summed E-state index contributed by atoms with van der Waals surface area (Å²) in [6.45, 7) is 0.470. The Kier molecular flexibility index (Phi) is 8.14. The number of esters is 1. The standard InChI is InChI=1S/C14H18ClN3O4S/c1-21-11-6-5-9(15)8-10(11)13(20)17-18-14(23)16-7-3-4-12(19)22-2/h5-6,8H,3-4,7H2,1-2H3,(H,17,20)(H2,16,18,23). The summed E-state index contributed by atoms with van der Waals surface area (Å²) in [5, 5.41) is 3.49. The normalized spacial score (nSPS) is 9.70. The molecule has 0 saturated heterocycles. The molecule has 126 valence electrons. The molecule has 0 spiro atoms. The molecule has 1 amide bonds. The molecule has 0 heterocycles. The first kappa shape index (κ1) is 19.0. The maximum absolute atomic E-state index is 12.1. The fourth-order valence-corrected chi connectivity index (χ4v) is 1.94. The number of amides is 1. The van der Waals surface area contributed by atoms with Crippen LogP contribution in [0.4, 0.5) is 0 Å². The number of hydrazine groups is 1. The molecule has 0 saturated carbocycles. The summed E-state index contributed by atoms with van der Waals surface area (Å²) < 4.78 is 9.62. The minimum absolute atomic E-state index is 0.226. The Balaban J connectivity index is 2.40. The van der Waals surface area contributed by atoms with Gasteiger partial charge >= 0.3 is 5.97 Å². The molecule has 3 N–H and O–H groups in total. The highest BCUT2D eigenvalue weighted by molar-refractivity contribution is 7.80. The Bertz CT molecular complexity index is 583. The van der Waals surface area contributed by atoms with Crippen molar-refractivity contribution in [1.29, 1.82) is 0 Å². The molecule has 0 radical (unpaired) electrons. The lowest BCUT2D eigenvalue weighted by molar-refractivity contribution is -0.140. The number of nitrogens with one attached hydrogen (secondary N) is 3. The van der Waals surface area contributed by atoms with Crippen LogP contribution < -0.4 is 20.9 Å². The van der Waals surface area contributed by atoms with Gasteiger partial charge in [0.15, 0.2) is 5.11 Å². The van der Waals surface area contributed by atoms with Crippen LogP contribution in [0, 0.1) is 0 Å². The molecule has 23 heavy (non-hydrogen) atoms. The Morgan fingerprint density at radius 2 is 2.00 bits per heavy atom. The molecule has 7 nitrogen and oxygen atoms in total.